The van der Waals surface area contributed by atoms with Crippen molar-refractivity contribution in [3.8, 4) is 0 Å². The van der Waals surface area contributed by atoms with E-state index in [1.807, 2.05) is 51.2 Å². The lowest BCUT2D eigenvalue weighted by atomic mass is 9.86. The molecule has 5 unspecified atom stereocenters. The van der Waals surface area contributed by atoms with Crippen molar-refractivity contribution >= 4 is 22.7 Å². The molecule has 0 aliphatic carbocycles. The minimum absolute atomic E-state index is 0.0371. The Morgan fingerprint density at radius 3 is 2.45 bits per heavy atom. The van der Waals surface area contributed by atoms with E-state index in [9.17, 15) is 14.7 Å². The van der Waals surface area contributed by atoms with E-state index in [0.717, 1.165) is 23.7 Å². The molecule has 38 heavy (non-hydrogen) atoms. The molecule has 2 rings (SSSR count). The van der Waals surface area contributed by atoms with Crippen LogP contribution in [0.25, 0.3) is 10.9 Å². The summed E-state index contributed by atoms with van der Waals surface area (Å²) in [5.41, 5.74) is 8.02. The van der Waals surface area contributed by atoms with Gasteiger partial charge in [-0.1, -0.05) is 52.3 Å². The Bertz CT molecular complexity index is 1010. The van der Waals surface area contributed by atoms with Gasteiger partial charge in [0, 0.05) is 55.3 Å². The van der Waals surface area contributed by atoms with Crippen LogP contribution in [0.5, 0.6) is 0 Å². The molecule has 0 spiro atoms. The van der Waals surface area contributed by atoms with Crippen LogP contribution in [0.1, 0.15) is 77.6 Å². The molecule has 1 aromatic heterocycles. The first-order chi connectivity index (χ1) is 18.1. The molecule has 2 aromatic rings. The predicted molar refractivity (Wildman–Crippen MR) is 154 cm³/mol. The van der Waals surface area contributed by atoms with Gasteiger partial charge in [-0.3, -0.25) is 9.59 Å². The van der Waals surface area contributed by atoms with Gasteiger partial charge in [0.05, 0.1) is 17.8 Å². The van der Waals surface area contributed by atoms with Crippen LogP contribution in [0.4, 0.5) is 0 Å². The first-order valence-electron chi connectivity index (χ1n) is 14.3. The zero-order chi connectivity index (χ0) is 28.2. The van der Waals surface area contributed by atoms with Gasteiger partial charge in [0.2, 0.25) is 5.91 Å². The molecule has 0 saturated heterocycles. The molecule has 1 aromatic carbocycles. The fraction of sp³-hybridized carbons (Fsp3) is 0.667. The highest BCUT2D eigenvalue weighted by Crippen LogP contribution is 2.23. The monoisotopic (exact) mass is 530 g/mol. The highest BCUT2D eigenvalue weighted by atomic mass is 16.5. The molecule has 5 N–H and O–H groups in total. The van der Waals surface area contributed by atoms with Crippen LogP contribution in [0.15, 0.2) is 30.5 Å². The molecule has 2 amide bonds. The topological polar surface area (TPSA) is 119 Å². The van der Waals surface area contributed by atoms with Crippen molar-refractivity contribution in [2.75, 3.05) is 19.7 Å². The van der Waals surface area contributed by atoms with Gasteiger partial charge in [0.15, 0.2) is 0 Å². The summed E-state index contributed by atoms with van der Waals surface area (Å²) in [6.45, 7) is 14.5. The third-order valence-corrected chi connectivity index (χ3v) is 7.35. The van der Waals surface area contributed by atoms with E-state index >= 15 is 0 Å². The molecule has 0 radical (unpaired) electrons. The molecule has 214 valence electrons. The molecular weight excluding hydrogens is 480 g/mol. The summed E-state index contributed by atoms with van der Waals surface area (Å²) in [7, 11) is 0. The number of para-hydroxylation sites is 1. The zero-order valence-electron chi connectivity index (χ0n) is 24.2. The number of nitrogens with one attached hydrogen (secondary N) is 2. The Morgan fingerprint density at radius 1 is 1.08 bits per heavy atom. The van der Waals surface area contributed by atoms with Crippen LogP contribution in [-0.2, 0) is 16.1 Å². The van der Waals surface area contributed by atoms with E-state index in [4.69, 9.17) is 10.5 Å². The second kappa shape index (κ2) is 15.9. The summed E-state index contributed by atoms with van der Waals surface area (Å²) in [6.07, 6.45) is 3.98. The highest BCUT2D eigenvalue weighted by Gasteiger charge is 2.26. The molecule has 0 aliphatic rings. The SMILES string of the molecule is CCCCNC(=O)C(C)CC(O)C(N)CC(CNC(=O)c1cn(CC(C)OCC)c2ccccc12)C(C)C. The largest absolute Gasteiger partial charge is 0.391 e. The number of nitrogens with two attached hydrogens (primary N) is 1. The maximum atomic E-state index is 13.3. The van der Waals surface area contributed by atoms with E-state index in [-0.39, 0.29) is 35.7 Å². The molecule has 0 bridgehead atoms. The first kappa shape index (κ1) is 31.8. The minimum atomic E-state index is -0.788. The Morgan fingerprint density at radius 2 is 1.79 bits per heavy atom. The molecule has 5 atom stereocenters. The summed E-state index contributed by atoms with van der Waals surface area (Å²) in [5, 5.41) is 17.7. The first-order valence-corrected chi connectivity index (χ1v) is 14.3. The van der Waals surface area contributed by atoms with Gasteiger partial charge >= 0.3 is 0 Å². The number of benzene rings is 1. The molecular formula is C30H50N4O4. The van der Waals surface area contributed by atoms with Crippen molar-refractivity contribution in [2.45, 2.75) is 92.0 Å². The lowest BCUT2D eigenvalue weighted by Crippen LogP contribution is -2.42. The van der Waals surface area contributed by atoms with Crippen molar-refractivity contribution in [3.05, 3.63) is 36.0 Å². The number of aromatic nitrogens is 1. The van der Waals surface area contributed by atoms with Crippen molar-refractivity contribution in [2.24, 2.45) is 23.5 Å². The summed E-state index contributed by atoms with van der Waals surface area (Å²) in [5.74, 6) is -0.137. The van der Waals surface area contributed by atoms with E-state index < -0.39 is 12.1 Å². The number of hydrogen-bond acceptors (Lipinski definition) is 5. The van der Waals surface area contributed by atoms with Gasteiger partial charge in [-0.05, 0) is 51.0 Å². The van der Waals surface area contributed by atoms with E-state index in [1.54, 1.807) is 0 Å². The standard InChI is InChI=1S/C30H50N4O4/c1-7-9-14-32-29(36)21(5)15-28(35)26(31)16-23(20(3)4)17-33-30(37)25-19-34(18-22(6)38-8-2)27-13-11-10-12-24(25)27/h10-13,19-23,26,28,35H,7-9,14-18,31H2,1-6H3,(H,32,36)(H,33,37). The summed E-state index contributed by atoms with van der Waals surface area (Å²) >= 11 is 0. The number of aliphatic hydroxyl groups excluding tert-OH is 1. The van der Waals surface area contributed by atoms with Gasteiger partial charge in [-0.2, -0.15) is 0 Å². The third-order valence-electron chi connectivity index (χ3n) is 7.35. The maximum Gasteiger partial charge on any atom is 0.253 e. The van der Waals surface area contributed by atoms with Gasteiger partial charge in [-0.15, -0.1) is 0 Å². The van der Waals surface area contributed by atoms with Gasteiger partial charge in [-0.25, -0.2) is 0 Å². The number of hydrogen-bond donors (Lipinski definition) is 4. The van der Waals surface area contributed by atoms with Crippen molar-refractivity contribution in [3.63, 3.8) is 0 Å². The Balaban J connectivity index is 2.00. The third kappa shape index (κ3) is 9.40. The molecule has 0 saturated carbocycles. The van der Waals surface area contributed by atoms with Gasteiger partial charge < -0.3 is 30.8 Å². The Kier molecular flexibility index (Phi) is 13.3. The minimum Gasteiger partial charge on any atom is -0.391 e. The predicted octanol–water partition coefficient (Wildman–Crippen LogP) is 4.09. The number of carbonyl (C=O) groups is 2. The van der Waals surface area contributed by atoms with Crippen LogP contribution in [0.2, 0.25) is 0 Å². The summed E-state index contributed by atoms with van der Waals surface area (Å²) < 4.78 is 7.79. The smallest absolute Gasteiger partial charge is 0.253 e. The van der Waals surface area contributed by atoms with Crippen LogP contribution < -0.4 is 16.4 Å². The maximum absolute atomic E-state index is 13.3. The fourth-order valence-electron chi connectivity index (χ4n) is 4.82. The molecule has 0 fully saturated rings. The van der Waals surface area contributed by atoms with E-state index in [1.165, 1.54) is 0 Å². The van der Waals surface area contributed by atoms with Crippen molar-refractivity contribution < 1.29 is 19.4 Å². The summed E-state index contributed by atoms with van der Waals surface area (Å²) in [6, 6.07) is 7.43. The van der Waals surface area contributed by atoms with Gasteiger partial charge in [0.25, 0.3) is 5.91 Å². The number of unbranched alkanes of at least 4 members (excludes halogenated alkanes) is 1. The number of rotatable bonds is 17. The van der Waals surface area contributed by atoms with E-state index in [0.29, 0.717) is 44.6 Å². The quantitative estimate of drug-likeness (QED) is 0.230. The average molecular weight is 531 g/mol. The average Bonchev–Trinajstić information content (AvgIpc) is 3.24. The molecule has 8 heteroatoms. The lowest BCUT2D eigenvalue weighted by Gasteiger charge is -2.28. The lowest BCUT2D eigenvalue weighted by molar-refractivity contribution is -0.125. The zero-order valence-corrected chi connectivity index (χ0v) is 24.2. The number of ether oxygens (including phenoxy) is 1. The molecule has 0 aliphatic heterocycles. The number of carbonyl (C=O) groups excluding carboxylic acids is 2. The second-order valence-electron chi connectivity index (χ2n) is 10.9. The molecule has 1 heterocycles. The van der Waals surface area contributed by atoms with E-state index in [2.05, 4.69) is 36.0 Å². The van der Waals surface area contributed by atoms with Crippen LogP contribution >= 0.6 is 0 Å². The Labute approximate surface area is 228 Å². The second-order valence-corrected chi connectivity index (χ2v) is 10.9. The number of fused-ring (bicyclic) bond motifs is 1. The van der Waals surface area contributed by atoms with Crippen molar-refractivity contribution in [1.82, 2.24) is 15.2 Å². The van der Waals surface area contributed by atoms with Crippen LogP contribution in [-0.4, -0.2) is 59.4 Å². The number of nitrogens with zero attached hydrogens (tertiary/aromatic N) is 1. The molecule has 8 nitrogen and oxygen atoms in total. The normalized spacial score (nSPS) is 15.7. The fourth-order valence-corrected chi connectivity index (χ4v) is 4.82. The van der Waals surface area contributed by atoms with Crippen molar-refractivity contribution in [1.29, 1.82) is 0 Å². The highest BCUT2D eigenvalue weighted by molar-refractivity contribution is 6.07. The number of aliphatic hydroxyl groups is 1. The van der Waals surface area contributed by atoms with Crippen LogP contribution in [0.3, 0.4) is 0 Å². The van der Waals surface area contributed by atoms with Gasteiger partial charge in [0.1, 0.15) is 0 Å². The summed E-state index contributed by atoms with van der Waals surface area (Å²) in [4.78, 5) is 25.6. The van der Waals surface area contributed by atoms with Crippen LogP contribution in [0, 0.1) is 17.8 Å². The number of amides is 2. The Hall–Kier alpha value is -2.42.